The van der Waals surface area contributed by atoms with Crippen molar-refractivity contribution >= 4 is 5.97 Å². The highest BCUT2D eigenvalue weighted by atomic mass is 16.5. The van der Waals surface area contributed by atoms with Gasteiger partial charge in [0.25, 0.3) is 0 Å². The summed E-state index contributed by atoms with van der Waals surface area (Å²) in [5, 5.41) is 0. The van der Waals surface area contributed by atoms with Gasteiger partial charge in [0.2, 0.25) is 0 Å². The van der Waals surface area contributed by atoms with E-state index in [1.54, 1.807) is 6.92 Å². The fourth-order valence-corrected chi connectivity index (χ4v) is 1.61. The molecule has 1 heterocycles. The molecule has 4 nitrogen and oxygen atoms in total. The first-order chi connectivity index (χ1) is 8.72. The van der Waals surface area contributed by atoms with Gasteiger partial charge in [0.15, 0.2) is 5.82 Å². The number of ether oxygens (including phenoxy) is 1. The Morgan fingerprint density at radius 2 is 1.89 bits per heavy atom. The molecule has 2 rings (SSSR count). The van der Waals surface area contributed by atoms with Crippen molar-refractivity contribution in [3.63, 3.8) is 0 Å². The summed E-state index contributed by atoms with van der Waals surface area (Å²) in [4.78, 5) is 19.9. The summed E-state index contributed by atoms with van der Waals surface area (Å²) in [5.74, 6) is 0.218. The summed E-state index contributed by atoms with van der Waals surface area (Å²) >= 11 is 0. The predicted octanol–water partition coefficient (Wildman–Crippen LogP) is 2.63. The average molecular weight is 242 g/mol. The second kappa shape index (κ2) is 5.40. The molecule has 0 radical (unpaired) electrons. The van der Waals surface area contributed by atoms with E-state index in [-0.39, 0.29) is 0 Å². The van der Waals surface area contributed by atoms with Gasteiger partial charge in [0, 0.05) is 18.0 Å². The van der Waals surface area contributed by atoms with Crippen molar-refractivity contribution in [3.8, 4) is 11.4 Å². The highest BCUT2D eigenvalue weighted by Crippen LogP contribution is 2.18. The lowest BCUT2D eigenvalue weighted by Gasteiger charge is -2.05. The molecule has 0 amide bonds. The van der Waals surface area contributed by atoms with Crippen molar-refractivity contribution in [1.29, 1.82) is 0 Å². The van der Waals surface area contributed by atoms with Crippen molar-refractivity contribution in [3.05, 3.63) is 47.8 Å². The number of benzene rings is 1. The zero-order valence-electron chi connectivity index (χ0n) is 10.4. The Balaban J connectivity index is 2.28. The van der Waals surface area contributed by atoms with Crippen LogP contribution in [0.5, 0.6) is 0 Å². The fourth-order valence-electron chi connectivity index (χ4n) is 1.61. The lowest BCUT2D eigenvalue weighted by molar-refractivity contribution is 0.0525. The number of esters is 1. The topological polar surface area (TPSA) is 52.1 Å². The monoisotopic (exact) mass is 242 g/mol. The molecular formula is C14H14N2O2. The van der Waals surface area contributed by atoms with E-state index < -0.39 is 5.97 Å². The van der Waals surface area contributed by atoms with Crippen LogP contribution in [0.2, 0.25) is 0 Å². The van der Waals surface area contributed by atoms with Crippen molar-refractivity contribution in [2.45, 2.75) is 13.8 Å². The van der Waals surface area contributed by atoms with E-state index >= 15 is 0 Å². The highest BCUT2D eigenvalue weighted by molar-refractivity contribution is 5.88. The first kappa shape index (κ1) is 12.2. The molecule has 1 aromatic carbocycles. The number of nitrogens with zero attached hydrogens (tertiary/aromatic N) is 2. The van der Waals surface area contributed by atoms with Crippen LogP contribution < -0.4 is 0 Å². The minimum Gasteiger partial charge on any atom is -0.462 e. The number of hydrogen-bond donors (Lipinski definition) is 0. The maximum absolute atomic E-state index is 11.5. The van der Waals surface area contributed by atoms with Crippen LogP contribution in [-0.4, -0.2) is 22.5 Å². The summed E-state index contributed by atoms with van der Waals surface area (Å²) in [6.07, 6.45) is 2.99. The van der Waals surface area contributed by atoms with Crippen molar-refractivity contribution in [2.75, 3.05) is 6.61 Å². The number of carbonyl (C=O) groups excluding carboxylic acids is 1. The molecule has 0 unspecified atom stereocenters. The van der Waals surface area contributed by atoms with E-state index in [0.29, 0.717) is 18.0 Å². The number of aromatic nitrogens is 2. The summed E-state index contributed by atoms with van der Waals surface area (Å²) < 4.78 is 4.88. The molecular weight excluding hydrogens is 228 g/mol. The quantitative estimate of drug-likeness (QED) is 0.776. The second-order valence-corrected chi connectivity index (χ2v) is 3.83. The summed E-state index contributed by atoms with van der Waals surface area (Å²) in [5.41, 5.74) is 2.43. The lowest BCUT2D eigenvalue weighted by atomic mass is 10.1. The van der Waals surface area contributed by atoms with Crippen molar-refractivity contribution < 1.29 is 9.53 Å². The van der Waals surface area contributed by atoms with Crippen LogP contribution in [0.25, 0.3) is 11.4 Å². The standard InChI is InChI=1S/C14H14N2O2/c1-3-18-14(17)11-8-15-13(16-9-11)12-7-5-4-6-10(12)2/h4-9H,3H2,1-2H3. The SMILES string of the molecule is CCOC(=O)c1cnc(-c2ccccc2C)nc1. The molecule has 0 N–H and O–H groups in total. The first-order valence-corrected chi connectivity index (χ1v) is 5.77. The van der Waals surface area contributed by atoms with Gasteiger partial charge in [-0.25, -0.2) is 14.8 Å². The Hall–Kier alpha value is -2.23. The van der Waals surface area contributed by atoms with E-state index in [9.17, 15) is 4.79 Å². The lowest BCUT2D eigenvalue weighted by Crippen LogP contribution is -2.06. The molecule has 0 bridgehead atoms. The third kappa shape index (κ3) is 2.53. The molecule has 1 aromatic heterocycles. The smallest absolute Gasteiger partial charge is 0.341 e. The van der Waals surface area contributed by atoms with Crippen LogP contribution in [0, 0.1) is 6.92 Å². The summed E-state index contributed by atoms with van der Waals surface area (Å²) in [6.45, 7) is 4.11. The van der Waals surface area contributed by atoms with Gasteiger partial charge in [-0.2, -0.15) is 0 Å². The van der Waals surface area contributed by atoms with Gasteiger partial charge >= 0.3 is 5.97 Å². The molecule has 0 spiro atoms. The summed E-state index contributed by atoms with van der Waals surface area (Å²) in [6, 6.07) is 7.85. The van der Waals surface area contributed by atoms with E-state index in [1.807, 2.05) is 31.2 Å². The minimum absolute atomic E-state index is 0.346. The Morgan fingerprint density at radius 3 is 2.50 bits per heavy atom. The van der Waals surface area contributed by atoms with Gasteiger partial charge in [-0.1, -0.05) is 24.3 Å². The Morgan fingerprint density at radius 1 is 1.22 bits per heavy atom. The molecule has 0 saturated heterocycles. The molecule has 18 heavy (non-hydrogen) atoms. The Labute approximate surface area is 106 Å². The fraction of sp³-hybridized carbons (Fsp3) is 0.214. The van der Waals surface area contributed by atoms with Crippen LogP contribution in [0.1, 0.15) is 22.8 Å². The van der Waals surface area contributed by atoms with Crippen LogP contribution >= 0.6 is 0 Å². The Kier molecular flexibility index (Phi) is 3.67. The van der Waals surface area contributed by atoms with Crippen molar-refractivity contribution in [2.24, 2.45) is 0 Å². The van der Waals surface area contributed by atoms with Gasteiger partial charge in [-0.05, 0) is 19.4 Å². The molecule has 0 saturated carbocycles. The third-order valence-electron chi connectivity index (χ3n) is 2.55. The van der Waals surface area contributed by atoms with Gasteiger partial charge in [-0.3, -0.25) is 0 Å². The largest absolute Gasteiger partial charge is 0.462 e. The molecule has 0 aliphatic rings. The molecule has 4 heteroatoms. The zero-order chi connectivity index (χ0) is 13.0. The van der Waals surface area contributed by atoms with Gasteiger partial charge < -0.3 is 4.74 Å². The predicted molar refractivity (Wildman–Crippen MR) is 68.2 cm³/mol. The first-order valence-electron chi connectivity index (χ1n) is 5.77. The molecule has 2 aromatic rings. The van der Waals surface area contributed by atoms with Crippen LogP contribution in [0.4, 0.5) is 0 Å². The Bertz CT molecular complexity index is 550. The molecule has 0 aliphatic carbocycles. The minimum atomic E-state index is -0.395. The van der Waals surface area contributed by atoms with Gasteiger partial charge in [0.1, 0.15) is 0 Å². The van der Waals surface area contributed by atoms with Gasteiger partial charge in [0.05, 0.1) is 12.2 Å². The molecule has 0 fully saturated rings. The van der Waals surface area contributed by atoms with E-state index in [0.717, 1.165) is 11.1 Å². The number of rotatable bonds is 3. The normalized spacial score (nSPS) is 10.1. The van der Waals surface area contributed by atoms with Crippen LogP contribution in [0.15, 0.2) is 36.7 Å². The van der Waals surface area contributed by atoms with Crippen LogP contribution in [-0.2, 0) is 4.74 Å². The maximum atomic E-state index is 11.5. The number of carbonyl (C=O) groups is 1. The third-order valence-corrected chi connectivity index (χ3v) is 2.55. The van der Waals surface area contributed by atoms with E-state index in [4.69, 9.17) is 4.74 Å². The highest BCUT2D eigenvalue weighted by Gasteiger charge is 2.09. The van der Waals surface area contributed by atoms with Crippen molar-refractivity contribution in [1.82, 2.24) is 9.97 Å². The maximum Gasteiger partial charge on any atom is 0.341 e. The second-order valence-electron chi connectivity index (χ2n) is 3.83. The zero-order valence-corrected chi connectivity index (χ0v) is 10.4. The molecule has 0 aliphatic heterocycles. The van der Waals surface area contributed by atoms with E-state index in [1.165, 1.54) is 12.4 Å². The number of aryl methyl sites for hydroxylation is 1. The average Bonchev–Trinajstić information content (AvgIpc) is 2.40. The molecule has 92 valence electrons. The van der Waals surface area contributed by atoms with Crippen LogP contribution in [0.3, 0.4) is 0 Å². The summed E-state index contributed by atoms with van der Waals surface area (Å²) in [7, 11) is 0. The molecule has 0 atom stereocenters. The van der Waals surface area contributed by atoms with E-state index in [2.05, 4.69) is 9.97 Å². The van der Waals surface area contributed by atoms with Gasteiger partial charge in [-0.15, -0.1) is 0 Å². The number of hydrogen-bond acceptors (Lipinski definition) is 4.